The van der Waals surface area contributed by atoms with Crippen LogP contribution in [-0.4, -0.2) is 23.0 Å². The average Bonchev–Trinajstić information content (AvgIpc) is 2.51. The third kappa shape index (κ3) is 4.20. The van der Waals surface area contributed by atoms with Crippen LogP contribution in [0, 0.1) is 5.92 Å². The number of nitrogens with zero attached hydrogens (tertiary/aromatic N) is 2. The van der Waals surface area contributed by atoms with Crippen molar-refractivity contribution in [2.45, 2.75) is 33.3 Å². The molecule has 1 rings (SSSR count). The highest BCUT2D eigenvalue weighted by atomic mass is 16.5. The Morgan fingerprint density at radius 1 is 1.53 bits per heavy atom. The second-order valence-corrected chi connectivity index (χ2v) is 3.85. The van der Waals surface area contributed by atoms with Gasteiger partial charge in [0.2, 0.25) is 5.89 Å². The standard InChI is InChI=1S/C10H16N2O3/c1-7(2)4-8(13)5-10-11-9(6-14-3)12-15-10/h7H,4-6H2,1-3H3. The summed E-state index contributed by atoms with van der Waals surface area (Å²) >= 11 is 0. The lowest BCUT2D eigenvalue weighted by molar-refractivity contribution is -0.119. The minimum atomic E-state index is 0.123. The molecule has 0 amide bonds. The van der Waals surface area contributed by atoms with Crippen LogP contribution in [0.15, 0.2) is 4.52 Å². The van der Waals surface area contributed by atoms with Crippen molar-refractivity contribution in [1.82, 2.24) is 10.1 Å². The van der Waals surface area contributed by atoms with Gasteiger partial charge in [-0.25, -0.2) is 0 Å². The van der Waals surface area contributed by atoms with Crippen LogP contribution < -0.4 is 0 Å². The molecule has 5 heteroatoms. The molecule has 1 aromatic rings. The summed E-state index contributed by atoms with van der Waals surface area (Å²) in [5.41, 5.74) is 0. The number of aromatic nitrogens is 2. The Hall–Kier alpha value is -1.23. The molecule has 1 heterocycles. The molecule has 0 atom stereocenters. The molecule has 0 aliphatic rings. The zero-order valence-corrected chi connectivity index (χ0v) is 9.32. The van der Waals surface area contributed by atoms with Crippen molar-refractivity contribution in [3.63, 3.8) is 0 Å². The molecular weight excluding hydrogens is 196 g/mol. The zero-order valence-electron chi connectivity index (χ0n) is 9.32. The molecule has 0 aromatic carbocycles. The van der Waals surface area contributed by atoms with Crippen LogP contribution in [0.5, 0.6) is 0 Å². The first kappa shape index (κ1) is 11.8. The number of carbonyl (C=O) groups excluding carboxylic acids is 1. The molecule has 0 aliphatic carbocycles. The summed E-state index contributed by atoms with van der Waals surface area (Å²) in [5, 5.41) is 3.67. The van der Waals surface area contributed by atoms with Crippen molar-refractivity contribution in [1.29, 1.82) is 0 Å². The van der Waals surface area contributed by atoms with Gasteiger partial charge in [0.05, 0.1) is 6.42 Å². The maximum atomic E-state index is 11.4. The summed E-state index contributed by atoms with van der Waals surface area (Å²) in [5.74, 6) is 1.33. The van der Waals surface area contributed by atoms with Gasteiger partial charge in [-0.2, -0.15) is 4.98 Å². The van der Waals surface area contributed by atoms with Crippen molar-refractivity contribution in [3.8, 4) is 0 Å². The SMILES string of the molecule is COCc1noc(CC(=O)CC(C)C)n1. The highest BCUT2D eigenvalue weighted by Gasteiger charge is 2.12. The minimum absolute atomic E-state index is 0.123. The monoisotopic (exact) mass is 212 g/mol. The first-order valence-electron chi connectivity index (χ1n) is 4.94. The number of hydrogen-bond acceptors (Lipinski definition) is 5. The molecule has 0 saturated heterocycles. The van der Waals surface area contributed by atoms with E-state index in [1.165, 1.54) is 0 Å². The normalized spacial score (nSPS) is 10.9. The average molecular weight is 212 g/mol. The van der Waals surface area contributed by atoms with Crippen molar-refractivity contribution in [3.05, 3.63) is 11.7 Å². The van der Waals surface area contributed by atoms with E-state index in [9.17, 15) is 4.79 Å². The molecule has 0 fully saturated rings. The number of ketones is 1. The highest BCUT2D eigenvalue weighted by molar-refractivity contribution is 5.80. The van der Waals surface area contributed by atoms with Gasteiger partial charge in [-0.3, -0.25) is 4.79 Å². The predicted molar refractivity (Wildman–Crippen MR) is 53.2 cm³/mol. The Kier molecular flexibility index (Phi) is 4.42. The quantitative estimate of drug-likeness (QED) is 0.712. The van der Waals surface area contributed by atoms with E-state index in [2.05, 4.69) is 10.1 Å². The van der Waals surface area contributed by atoms with E-state index in [0.29, 0.717) is 30.7 Å². The van der Waals surface area contributed by atoms with Gasteiger partial charge in [0.1, 0.15) is 12.4 Å². The zero-order chi connectivity index (χ0) is 11.3. The first-order valence-corrected chi connectivity index (χ1v) is 4.94. The molecule has 0 bridgehead atoms. The number of ether oxygens (including phenoxy) is 1. The maximum Gasteiger partial charge on any atom is 0.234 e. The molecular formula is C10H16N2O3. The Labute approximate surface area is 88.8 Å². The molecule has 0 aliphatic heterocycles. The largest absolute Gasteiger partial charge is 0.377 e. The summed E-state index contributed by atoms with van der Waals surface area (Å²) in [6.07, 6.45) is 0.761. The molecule has 5 nitrogen and oxygen atoms in total. The second kappa shape index (κ2) is 5.60. The van der Waals surface area contributed by atoms with Gasteiger partial charge in [0, 0.05) is 13.5 Å². The van der Waals surface area contributed by atoms with Crippen molar-refractivity contribution in [2.24, 2.45) is 5.92 Å². The van der Waals surface area contributed by atoms with E-state index in [0.717, 1.165) is 0 Å². The molecule has 1 aromatic heterocycles. The smallest absolute Gasteiger partial charge is 0.234 e. The summed E-state index contributed by atoms with van der Waals surface area (Å²) in [4.78, 5) is 15.5. The predicted octanol–water partition coefficient (Wildman–Crippen LogP) is 1.37. The van der Waals surface area contributed by atoms with E-state index < -0.39 is 0 Å². The van der Waals surface area contributed by atoms with Crippen LogP contribution in [0.25, 0.3) is 0 Å². The lowest BCUT2D eigenvalue weighted by atomic mass is 10.1. The summed E-state index contributed by atoms with van der Waals surface area (Å²) in [6, 6.07) is 0. The number of methoxy groups -OCH3 is 1. The van der Waals surface area contributed by atoms with Crippen LogP contribution in [0.3, 0.4) is 0 Å². The molecule has 0 unspecified atom stereocenters. The van der Waals surface area contributed by atoms with Crippen molar-refractivity contribution < 1.29 is 14.1 Å². The summed E-state index contributed by atoms with van der Waals surface area (Å²) in [7, 11) is 1.56. The number of hydrogen-bond donors (Lipinski definition) is 0. The van der Waals surface area contributed by atoms with Crippen molar-refractivity contribution in [2.75, 3.05) is 7.11 Å². The van der Waals surface area contributed by atoms with Gasteiger partial charge >= 0.3 is 0 Å². The van der Waals surface area contributed by atoms with E-state index in [4.69, 9.17) is 9.26 Å². The van der Waals surface area contributed by atoms with Crippen LogP contribution in [0.4, 0.5) is 0 Å². The number of rotatable bonds is 6. The molecule has 0 saturated carbocycles. The fourth-order valence-corrected chi connectivity index (χ4v) is 1.25. The van der Waals surface area contributed by atoms with E-state index in [-0.39, 0.29) is 12.2 Å². The molecule has 15 heavy (non-hydrogen) atoms. The van der Waals surface area contributed by atoms with E-state index >= 15 is 0 Å². The van der Waals surface area contributed by atoms with Gasteiger partial charge in [0.25, 0.3) is 0 Å². The van der Waals surface area contributed by atoms with Gasteiger partial charge in [-0.05, 0) is 5.92 Å². The molecule has 84 valence electrons. The van der Waals surface area contributed by atoms with Crippen molar-refractivity contribution >= 4 is 5.78 Å². The third-order valence-electron chi connectivity index (χ3n) is 1.77. The molecule has 0 N–H and O–H groups in total. The van der Waals surface area contributed by atoms with Gasteiger partial charge in [-0.1, -0.05) is 19.0 Å². The lowest BCUT2D eigenvalue weighted by Gasteiger charge is -2.00. The molecule has 0 radical (unpaired) electrons. The summed E-state index contributed by atoms with van der Waals surface area (Å²) < 4.78 is 9.75. The topological polar surface area (TPSA) is 65.2 Å². The van der Waals surface area contributed by atoms with Crippen LogP contribution in [0.2, 0.25) is 0 Å². The van der Waals surface area contributed by atoms with E-state index in [1.54, 1.807) is 7.11 Å². The van der Waals surface area contributed by atoms with Crippen LogP contribution in [0.1, 0.15) is 32.0 Å². The lowest BCUT2D eigenvalue weighted by Crippen LogP contribution is -2.06. The molecule has 0 spiro atoms. The maximum absolute atomic E-state index is 11.4. The fourth-order valence-electron chi connectivity index (χ4n) is 1.25. The summed E-state index contributed by atoms with van der Waals surface area (Å²) in [6.45, 7) is 4.31. The first-order chi connectivity index (χ1) is 7.11. The third-order valence-corrected chi connectivity index (χ3v) is 1.77. The Morgan fingerprint density at radius 3 is 2.87 bits per heavy atom. The number of Topliss-reactive ketones (excluding diaryl/α,β-unsaturated/α-hetero) is 1. The van der Waals surface area contributed by atoms with Gasteiger partial charge < -0.3 is 9.26 Å². The number of carbonyl (C=O) groups is 1. The highest BCUT2D eigenvalue weighted by Crippen LogP contribution is 2.05. The Bertz CT molecular complexity index is 320. The fraction of sp³-hybridized carbons (Fsp3) is 0.700. The van der Waals surface area contributed by atoms with Gasteiger partial charge in [-0.15, -0.1) is 0 Å². The second-order valence-electron chi connectivity index (χ2n) is 3.85. The van der Waals surface area contributed by atoms with E-state index in [1.807, 2.05) is 13.8 Å². The van der Waals surface area contributed by atoms with Crippen LogP contribution >= 0.6 is 0 Å². The van der Waals surface area contributed by atoms with Gasteiger partial charge in [0.15, 0.2) is 5.82 Å². The van der Waals surface area contributed by atoms with Crippen LogP contribution in [-0.2, 0) is 22.6 Å². The minimum Gasteiger partial charge on any atom is -0.377 e. The Morgan fingerprint density at radius 2 is 2.27 bits per heavy atom. The Balaban J connectivity index is 2.46.